The van der Waals surface area contributed by atoms with Crippen molar-refractivity contribution < 1.29 is 4.74 Å². The van der Waals surface area contributed by atoms with Crippen LogP contribution in [0.3, 0.4) is 0 Å². The number of fused-ring (bicyclic) bond motifs is 1. The summed E-state index contributed by atoms with van der Waals surface area (Å²) in [6.07, 6.45) is 6.36. The summed E-state index contributed by atoms with van der Waals surface area (Å²) >= 11 is 0. The SMILES string of the molecule is COc1ccc2cnc(C3CCN(C)CC3)n2c1. The Kier molecular flexibility index (Phi) is 2.96. The van der Waals surface area contributed by atoms with Gasteiger partial charge in [-0.3, -0.25) is 4.40 Å². The summed E-state index contributed by atoms with van der Waals surface area (Å²) in [5.41, 5.74) is 1.14. The Balaban J connectivity index is 1.96. The molecular formula is C14H19N3O. The number of imidazole rings is 1. The summed E-state index contributed by atoms with van der Waals surface area (Å²) in [6, 6.07) is 4.04. The summed E-state index contributed by atoms with van der Waals surface area (Å²) in [4.78, 5) is 6.99. The van der Waals surface area contributed by atoms with Gasteiger partial charge in [0.1, 0.15) is 11.6 Å². The topological polar surface area (TPSA) is 29.8 Å². The predicted molar refractivity (Wildman–Crippen MR) is 71.2 cm³/mol. The Morgan fingerprint density at radius 2 is 2.06 bits per heavy atom. The third kappa shape index (κ3) is 1.97. The van der Waals surface area contributed by atoms with Crippen LogP contribution in [-0.2, 0) is 0 Å². The zero-order valence-electron chi connectivity index (χ0n) is 11.0. The van der Waals surface area contributed by atoms with Crippen LogP contribution in [0.5, 0.6) is 5.75 Å². The lowest BCUT2D eigenvalue weighted by Crippen LogP contribution is -2.29. The van der Waals surface area contributed by atoms with Gasteiger partial charge in [0.25, 0.3) is 0 Å². The summed E-state index contributed by atoms with van der Waals surface area (Å²) in [6.45, 7) is 2.31. The molecule has 0 aromatic carbocycles. The molecule has 0 bridgehead atoms. The molecule has 0 unspecified atom stereocenters. The first-order valence-corrected chi connectivity index (χ1v) is 6.47. The smallest absolute Gasteiger partial charge is 0.135 e. The van der Waals surface area contributed by atoms with Crippen LogP contribution in [0.25, 0.3) is 5.52 Å². The lowest BCUT2D eigenvalue weighted by molar-refractivity contribution is 0.251. The van der Waals surface area contributed by atoms with E-state index < -0.39 is 0 Å². The molecule has 0 atom stereocenters. The molecule has 1 aliphatic heterocycles. The lowest BCUT2D eigenvalue weighted by Gasteiger charge is -2.28. The van der Waals surface area contributed by atoms with Crippen LogP contribution < -0.4 is 4.74 Å². The zero-order valence-corrected chi connectivity index (χ0v) is 11.0. The van der Waals surface area contributed by atoms with Gasteiger partial charge in [0, 0.05) is 5.92 Å². The highest BCUT2D eigenvalue weighted by Crippen LogP contribution is 2.28. The van der Waals surface area contributed by atoms with E-state index in [1.165, 1.54) is 18.7 Å². The third-order valence-electron chi connectivity index (χ3n) is 3.85. The molecule has 4 heteroatoms. The minimum atomic E-state index is 0.566. The molecule has 0 spiro atoms. The molecule has 4 nitrogen and oxygen atoms in total. The number of aromatic nitrogens is 2. The molecule has 1 saturated heterocycles. The predicted octanol–water partition coefficient (Wildman–Crippen LogP) is 2.15. The van der Waals surface area contributed by atoms with Crippen LogP contribution in [0.2, 0.25) is 0 Å². The number of nitrogens with zero attached hydrogens (tertiary/aromatic N) is 3. The van der Waals surface area contributed by atoms with Crippen molar-refractivity contribution in [3.05, 3.63) is 30.4 Å². The van der Waals surface area contributed by atoms with E-state index in [1.54, 1.807) is 7.11 Å². The summed E-state index contributed by atoms with van der Waals surface area (Å²) in [5, 5.41) is 0. The fraction of sp³-hybridized carbons (Fsp3) is 0.500. The van der Waals surface area contributed by atoms with E-state index in [4.69, 9.17) is 4.74 Å². The monoisotopic (exact) mass is 245 g/mol. The number of likely N-dealkylation sites (tertiary alicyclic amines) is 1. The highest BCUT2D eigenvalue weighted by molar-refractivity contribution is 5.48. The van der Waals surface area contributed by atoms with Crippen molar-refractivity contribution in [2.45, 2.75) is 18.8 Å². The Morgan fingerprint density at radius 3 is 2.78 bits per heavy atom. The second-order valence-corrected chi connectivity index (χ2v) is 5.06. The van der Waals surface area contributed by atoms with Gasteiger partial charge in [-0.25, -0.2) is 4.98 Å². The largest absolute Gasteiger partial charge is 0.495 e. The van der Waals surface area contributed by atoms with Gasteiger partial charge < -0.3 is 9.64 Å². The van der Waals surface area contributed by atoms with Crippen molar-refractivity contribution in [1.29, 1.82) is 0 Å². The Bertz CT molecular complexity index is 541. The Labute approximate surface area is 107 Å². The lowest BCUT2D eigenvalue weighted by atomic mass is 9.96. The molecule has 96 valence electrons. The van der Waals surface area contributed by atoms with Crippen LogP contribution in [0.15, 0.2) is 24.5 Å². The molecule has 0 aliphatic carbocycles. The van der Waals surface area contributed by atoms with Crippen LogP contribution in [0.1, 0.15) is 24.6 Å². The normalized spacial score (nSPS) is 18.3. The van der Waals surface area contributed by atoms with Gasteiger partial charge >= 0.3 is 0 Å². The molecule has 3 rings (SSSR count). The number of hydrogen-bond donors (Lipinski definition) is 0. The Hall–Kier alpha value is -1.55. The first-order valence-electron chi connectivity index (χ1n) is 6.47. The van der Waals surface area contributed by atoms with Gasteiger partial charge in [-0.15, -0.1) is 0 Å². The van der Waals surface area contributed by atoms with Crippen molar-refractivity contribution in [2.75, 3.05) is 27.2 Å². The molecule has 2 aromatic rings. The molecule has 18 heavy (non-hydrogen) atoms. The van der Waals surface area contributed by atoms with E-state index in [0.717, 1.165) is 24.4 Å². The highest BCUT2D eigenvalue weighted by atomic mass is 16.5. The van der Waals surface area contributed by atoms with E-state index in [9.17, 15) is 0 Å². The van der Waals surface area contributed by atoms with Gasteiger partial charge in [-0.05, 0) is 45.1 Å². The van der Waals surface area contributed by atoms with E-state index in [-0.39, 0.29) is 0 Å². The first kappa shape index (κ1) is 11.5. The van der Waals surface area contributed by atoms with E-state index in [2.05, 4.69) is 27.4 Å². The molecule has 1 aliphatic rings. The standard InChI is InChI=1S/C14H19N3O/c1-16-7-5-11(6-8-16)14-15-9-12-3-4-13(18-2)10-17(12)14/h3-4,9-11H,5-8H2,1-2H3. The molecule has 0 saturated carbocycles. The molecule has 1 fully saturated rings. The maximum atomic E-state index is 5.29. The summed E-state index contributed by atoms with van der Waals surface area (Å²) in [7, 11) is 3.89. The number of pyridine rings is 1. The number of methoxy groups -OCH3 is 1. The number of rotatable bonds is 2. The number of piperidine rings is 1. The first-order chi connectivity index (χ1) is 8.78. The van der Waals surface area contributed by atoms with E-state index >= 15 is 0 Å². The van der Waals surface area contributed by atoms with E-state index in [0.29, 0.717) is 5.92 Å². The average molecular weight is 245 g/mol. The number of ether oxygens (including phenoxy) is 1. The van der Waals surface area contributed by atoms with E-state index in [1.807, 2.05) is 18.5 Å². The van der Waals surface area contributed by atoms with Gasteiger partial charge in [0.15, 0.2) is 0 Å². The second kappa shape index (κ2) is 4.61. The molecule has 0 N–H and O–H groups in total. The molecule has 2 aromatic heterocycles. The van der Waals surface area contributed by atoms with Crippen LogP contribution in [-0.4, -0.2) is 41.5 Å². The highest BCUT2D eigenvalue weighted by Gasteiger charge is 2.22. The fourth-order valence-corrected chi connectivity index (χ4v) is 2.68. The molecule has 0 radical (unpaired) electrons. The number of hydrogen-bond acceptors (Lipinski definition) is 3. The molecular weight excluding hydrogens is 226 g/mol. The minimum absolute atomic E-state index is 0.566. The van der Waals surface area contributed by atoms with Crippen molar-refractivity contribution in [3.8, 4) is 5.75 Å². The molecule has 0 amide bonds. The zero-order chi connectivity index (χ0) is 12.5. The summed E-state index contributed by atoms with van der Waals surface area (Å²) in [5.74, 6) is 2.63. The molecule has 3 heterocycles. The average Bonchev–Trinajstić information content (AvgIpc) is 2.82. The Morgan fingerprint density at radius 1 is 1.28 bits per heavy atom. The summed E-state index contributed by atoms with van der Waals surface area (Å²) < 4.78 is 7.47. The van der Waals surface area contributed by atoms with Crippen LogP contribution in [0.4, 0.5) is 0 Å². The van der Waals surface area contributed by atoms with Gasteiger partial charge in [-0.1, -0.05) is 0 Å². The van der Waals surface area contributed by atoms with Crippen molar-refractivity contribution in [1.82, 2.24) is 14.3 Å². The maximum absolute atomic E-state index is 5.29. The van der Waals surface area contributed by atoms with Crippen LogP contribution >= 0.6 is 0 Å². The second-order valence-electron chi connectivity index (χ2n) is 5.06. The van der Waals surface area contributed by atoms with Crippen molar-refractivity contribution in [2.24, 2.45) is 0 Å². The third-order valence-corrected chi connectivity index (χ3v) is 3.85. The minimum Gasteiger partial charge on any atom is -0.495 e. The quantitative estimate of drug-likeness (QED) is 0.812. The van der Waals surface area contributed by atoms with Gasteiger partial charge in [0.05, 0.1) is 25.0 Å². The van der Waals surface area contributed by atoms with Crippen molar-refractivity contribution in [3.63, 3.8) is 0 Å². The maximum Gasteiger partial charge on any atom is 0.135 e. The van der Waals surface area contributed by atoms with Gasteiger partial charge in [0.2, 0.25) is 0 Å². The van der Waals surface area contributed by atoms with Gasteiger partial charge in [-0.2, -0.15) is 0 Å². The van der Waals surface area contributed by atoms with Crippen molar-refractivity contribution >= 4 is 5.52 Å². The van der Waals surface area contributed by atoms with Crippen LogP contribution in [0, 0.1) is 0 Å². The fourth-order valence-electron chi connectivity index (χ4n) is 2.68.